The van der Waals surface area contributed by atoms with Crippen molar-refractivity contribution in [3.8, 4) is 0 Å². The van der Waals surface area contributed by atoms with E-state index in [0.717, 1.165) is 0 Å². The van der Waals surface area contributed by atoms with Crippen molar-refractivity contribution in [3.05, 3.63) is 17.3 Å². The van der Waals surface area contributed by atoms with Crippen LogP contribution in [0.2, 0.25) is 0 Å². The van der Waals surface area contributed by atoms with Crippen LogP contribution in [0.3, 0.4) is 0 Å². The molecule has 1 heterocycles. The third-order valence-corrected chi connectivity index (χ3v) is 1.63. The molecule has 1 N–H and O–H groups in total. The number of aryl methyl sites for hydroxylation is 1. The molecule has 5 heteroatoms. The fourth-order valence-corrected chi connectivity index (χ4v) is 0.985. The number of hydrogen-bond acceptors (Lipinski definition) is 3. The van der Waals surface area contributed by atoms with Gasteiger partial charge in [0.1, 0.15) is 17.6 Å². The zero-order valence-electron chi connectivity index (χ0n) is 7.42. The number of oxazole rings is 1. The summed E-state index contributed by atoms with van der Waals surface area (Å²) >= 11 is 0. The summed E-state index contributed by atoms with van der Waals surface area (Å²) in [6.45, 7) is 3.11. The molecule has 3 nitrogen and oxygen atoms in total. The predicted octanol–water partition coefficient (Wildman–Crippen LogP) is 2.23. The lowest BCUT2D eigenvalue weighted by atomic mass is 10.3. The van der Waals surface area contributed by atoms with E-state index in [-0.39, 0.29) is 17.3 Å². The molecule has 1 aromatic heterocycles. The molecule has 1 rings (SSSR count). The zero-order valence-corrected chi connectivity index (χ0v) is 7.42. The van der Waals surface area contributed by atoms with Crippen LogP contribution in [0, 0.1) is 0 Å². The Morgan fingerprint density at radius 1 is 1.54 bits per heavy atom. The monoisotopic (exact) mass is 191 g/mol. The maximum absolute atomic E-state index is 12.3. The van der Waals surface area contributed by atoms with Crippen molar-refractivity contribution in [2.24, 2.45) is 0 Å². The Morgan fingerprint density at radius 2 is 2.15 bits per heavy atom. The first-order valence-electron chi connectivity index (χ1n) is 4.02. The van der Waals surface area contributed by atoms with Gasteiger partial charge in [-0.3, -0.25) is 0 Å². The first-order chi connectivity index (χ1) is 6.06. The molecule has 0 radical (unpaired) electrons. The van der Waals surface area contributed by atoms with Crippen LogP contribution in [0.4, 0.5) is 8.78 Å². The molecule has 0 spiro atoms. The summed E-state index contributed by atoms with van der Waals surface area (Å²) in [7, 11) is 0. The normalized spacial score (nSPS) is 13.7. The Kier molecular flexibility index (Phi) is 2.98. The van der Waals surface area contributed by atoms with Crippen LogP contribution in [-0.2, 0) is 6.42 Å². The summed E-state index contributed by atoms with van der Waals surface area (Å²) in [4.78, 5) is 3.51. The van der Waals surface area contributed by atoms with E-state index in [1.54, 1.807) is 6.92 Å². The van der Waals surface area contributed by atoms with Gasteiger partial charge >= 0.3 is 0 Å². The van der Waals surface area contributed by atoms with Crippen LogP contribution < -0.4 is 0 Å². The SMILES string of the molecule is CCc1oc(C(C)O)nc1C(F)F. The molecule has 0 aliphatic rings. The Labute approximate surface area is 74.4 Å². The minimum absolute atomic E-state index is 0.0489. The van der Waals surface area contributed by atoms with E-state index in [1.807, 2.05) is 0 Å². The number of rotatable bonds is 3. The molecule has 1 unspecified atom stereocenters. The minimum atomic E-state index is -2.65. The highest BCUT2D eigenvalue weighted by atomic mass is 19.3. The average Bonchev–Trinajstić information content (AvgIpc) is 2.47. The molecule has 13 heavy (non-hydrogen) atoms. The summed E-state index contributed by atoms with van der Waals surface area (Å²) in [6.07, 6.45) is -3.25. The third-order valence-electron chi connectivity index (χ3n) is 1.63. The highest BCUT2D eigenvalue weighted by Gasteiger charge is 2.21. The van der Waals surface area contributed by atoms with E-state index in [4.69, 9.17) is 9.52 Å². The first kappa shape index (κ1) is 10.1. The van der Waals surface area contributed by atoms with E-state index in [0.29, 0.717) is 6.42 Å². The number of alkyl halides is 2. The molecule has 1 aromatic rings. The molecule has 1 atom stereocenters. The largest absolute Gasteiger partial charge is 0.442 e. The first-order valence-corrected chi connectivity index (χ1v) is 4.02. The van der Waals surface area contributed by atoms with E-state index < -0.39 is 12.5 Å². The highest BCUT2D eigenvalue weighted by Crippen LogP contribution is 2.25. The molecule has 0 bridgehead atoms. The van der Waals surface area contributed by atoms with Crippen molar-refractivity contribution in [2.45, 2.75) is 32.8 Å². The molecule has 0 aromatic carbocycles. The van der Waals surface area contributed by atoms with Gasteiger partial charge in [-0.2, -0.15) is 0 Å². The fourth-order valence-electron chi connectivity index (χ4n) is 0.985. The van der Waals surface area contributed by atoms with Crippen LogP contribution in [0.15, 0.2) is 4.42 Å². The van der Waals surface area contributed by atoms with E-state index in [2.05, 4.69) is 4.98 Å². The lowest BCUT2D eigenvalue weighted by Crippen LogP contribution is -1.92. The smallest absolute Gasteiger partial charge is 0.283 e. The summed E-state index contributed by atoms with van der Waals surface area (Å²) in [5, 5.41) is 9.04. The zero-order chi connectivity index (χ0) is 10.0. The molecule has 0 amide bonds. The van der Waals surface area contributed by atoms with Crippen molar-refractivity contribution in [1.82, 2.24) is 4.98 Å². The van der Waals surface area contributed by atoms with Gasteiger partial charge in [-0.1, -0.05) is 6.92 Å². The van der Waals surface area contributed by atoms with Crippen LogP contribution in [0.1, 0.15) is 43.7 Å². The van der Waals surface area contributed by atoms with Gasteiger partial charge in [0.05, 0.1) is 0 Å². The van der Waals surface area contributed by atoms with E-state index in [9.17, 15) is 8.78 Å². The summed E-state index contributed by atoms with van der Waals surface area (Å²) in [5.74, 6) is 0.0954. The van der Waals surface area contributed by atoms with Crippen LogP contribution in [-0.4, -0.2) is 10.1 Å². The molecule has 0 saturated heterocycles. The second-order valence-corrected chi connectivity index (χ2v) is 2.69. The summed E-state index contributed by atoms with van der Waals surface area (Å²) in [5.41, 5.74) is -0.363. The number of halogens is 2. The fraction of sp³-hybridized carbons (Fsp3) is 0.625. The maximum Gasteiger partial charge on any atom is 0.283 e. The minimum Gasteiger partial charge on any atom is -0.442 e. The highest BCUT2D eigenvalue weighted by molar-refractivity contribution is 5.12. The average molecular weight is 191 g/mol. The van der Waals surface area contributed by atoms with Gasteiger partial charge in [0.2, 0.25) is 5.89 Å². The standard InChI is InChI=1S/C8H11F2NO2/c1-3-5-6(7(9)10)11-8(13-5)4(2)12/h4,7,12H,3H2,1-2H3. The molecular weight excluding hydrogens is 180 g/mol. The van der Waals surface area contributed by atoms with Crippen LogP contribution in [0.25, 0.3) is 0 Å². The van der Waals surface area contributed by atoms with Crippen LogP contribution >= 0.6 is 0 Å². The van der Waals surface area contributed by atoms with Gasteiger partial charge in [-0.05, 0) is 6.92 Å². The molecule has 0 fully saturated rings. The number of nitrogens with zero attached hydrogens (tertiary/aromatic N) is 1. The topological polar surface area (TPSA) is 46.3 Å². The quantitative estimate of drug-likeness (QED) is 0.796. The Hall–Kier alpha value is -0.970. The maximum atomic E-state index is 12.3. The summed E-state index contributed by atoms with van der Waals surface area (Å²) in [6, 6.07) is 0. The number of aliphatic hydroxyl groups is 1. The van der Waals surface area contributed by atoms with Gasteiger partial charge < -0.3 is 9.52 Å². The molecule has 74 valence electrons. The molecule has 0 aliphatic heterocycles. The number of aliphatic hydroxyl groups excluding tert-OH is 1. The third kappa shape index (κ3) is 2.03. The van der Waals surface area contributed by atoms with Gasteiger partial charge in [0, 0.05) is 6.42 Å². The van der Waals surface area contributed by atoms with Crippen LogP contribution in [0.5, 0.6) is 0 Å². The Bertz CT molecular complexity index is 284. The van der Waals surface area contributed by atoms with Crippen molar-refractivity contribution in [1.29, 1.82) is 0 Å². The van der Waals surface area contributed by atoms with Crippen molar-refractivity contribution < 1.29 is 18.3 Å². The Balaban J connectivity index is 3.04. The van der Waals surface area contributed by atoms with E-state index in [1.165, 1.54) is 6.92 Å². The van der Waals surface area contributed by atoms with Gasteiger partial charge in [-0.15, -0.1) is 0 Å². The summed E-state index contributed by atoms with van der Waals surface area (Å²) < 4.78 is 29.5. The second kappa shape index (κ2) is 3.83. The number of aromatic nitrogens is 1. The predicted molar refractivity (Wildman–Crippen MR) is 41.5 cm³/mol. The van der Waals surface area contributed by atoms with Gasteiger partial charge in [0.15, 0.2) is 0 Å². The molecule has 0 saturated carbocycles. The van der Waals surface area contributed by atoms with Gasteiger partial charge in [0.25, 0.3) is 6.43 Å². The lowest BCUT2D eigenvalue weighted by molar-refractivity contribution is 0.144. The molecule has 0 aliphatic carbocycles. The van der Waals surface area contributed by atoms with Crippen molar-refractivity contribution in [3.63, 3.8) is 0 Å². The Morgan fingerprint density at radius 3 is 2.46 bits per heavy atom. The van der Waals surface area contributed by atoms with Crippen molar-refractivity contribution >= 4 is 0 Å². The van der Waals surface area contributed by atoms with Crippen molar-refractivity contribution in [2.75, 3.05) is 0 Å². The van der Waals surface area contributed by atoms with Gasteiger partial charge in [-0.25, -0.2) is 13.8 Å². The second-order valence-electron chi connectivity index (χ2n) is 2.69. The van der Waals surface area contributed by atoms with E-state index >= 15 is 0 Å². The number of hydrogen-bond donors (Lipinski definition) is 1. The molecular formula is C8H11F2NO2. The lowest BCUT2D eigenvalue weighted by Gasteiger charge is -1.94.